The molecule has 0 saturated carbocycles. The quantitative estimate of drug-likeness (QED) is 0.217. The summed E-state index contributed by atoms with van der Waals surface area (Å²) in [6.45, 7) is 7.90. The van der Waals surface area contributed by atoms with E-state index in [-0.39, 0.29) is 23.4 Å². The van der Waals surface area contributed by atoms with Gasteiger partial charge in [0, 0.05) is 11.3 Å². The number of ketones is 1. The van der Waals surface area contributed by atoms with Crippen molar-refractivity contribution in [2.24, 2.45) is 0 Å². The number of hydrogen-bond acceptors (Lipinski definition) is 6. The lowest BCUT2D eigenvalue weighted by atomic mass is 9.93. The van der Waals surface area contributed by atoms with Crippen LogP contribution in [0.25, 0.3) is 5.76 Å². The largest absolute Gasteiger partial charge is 0.507 e. The van der Waals surface area contributed by atoms with E-state index in [0.717, 1.165) is 5.56 Å². The Morgan fingerprint density at radius 2 is 1.47 bits per heavy atom. The number of hydrogen-bond donors (Lipinski definition) is 1. The molecule has 1 amide bonds. The first-order chi connectivity index (χ1) is 18.2. The minimum absolute atomic E-state index is 0.00500. The second kappa shape index (κ2) is 11.0. The van der Waals surface area contributed by atoms with Crippen LogP contribution in [0.2, 0.25) is 0 Å². The number of amides is 1. The van der Waals surface area contributed by atoms with Gasteiger partial charge in [-0.15, -0.1) is 0 Å². The Bertz CT molecular complexity index is 1360. The second-order valence-electron chi connectivity index (χ2n) is 9.71. The maximum atomic E-state index is 13.5. The van der Waals surface area contributed by atoms with E-state index in [1.807, 2.05) is 27.7 Å². The zero-order chi connectivity index (χ0) is 27.6. The first-order valence-electron chi connectivity index (χ1n) is 12.6. The van der Waals surface area contributed by atoms with Gasteiger partial charge >= 0.3 is 0 Å². The molecule has 1 aliphatic rings. The Balaban J connectivity index is 1.88. The summed E-state index contributed by atoms with van der Waals surface area (Å²) in [6, 6.07) is 18.5. The highest BCUT2D eigenvalue weighted by molar-refractivity contribution is 6.51. The third-order valence-electron chi connectivity index (χ3n) is 6.49. The minimum Gasteiger partial charge on any atom is -0.507 e. The molecular weight excluding hydrogens is 482 g/mol. The van der Waals surface area contributed by atoms with Crippen molar-refractivity contribution in [1.82, 2.24) is 0 Å². The van der Waals surface area contributed by atoms with Crippen molar-refractivity contribution in [2.45, 2.75) is 45.8 Å². The van der Waals surface area contributed by atoms with Gasteiger partial charge < -0.3 is 19.3 Å². The smallest absolute Gasteiger partial charge is 0.300 e. The van der Waals surface area contributed by atoms with E-state index < -0.39 is 17.7 Å². The van der Waals surface area contributed by atoms with Crippen molar-refractivity contribution in [3.63, 3.8) is 0 Å². The molecule has 0 aromatic heterocycles. The van der Waals surface area contributed by atoms with Gasteiger partial charge in [0.2, 0.25) is 0 Å². The molecular formula is C31H33NO6. The zero-order valence-corrected chi connectivity index (χ0v) is 22.5. The first-order valence-corrected chi connectivity index (χ1v) is 12.6. The fraction of sp³-hybridized carbons (Fsp3) is 0.290. The van der Waals surface area contributed by atoms with Gasteiger partial charge in [0.05, 0.1) is 31.9 Å². The van der Waals surface area contributed by atoms with Gasteiger partial charge in [-0.25, -0.2) is 0 Å². The van der Waals surface area contributed by atoms with Crippen LogP contribution in [0.3, 0.4) is 0 Å². The Morgan fingerprint density at radius 1 is 0.842 bits per heavy atom. The molecule has 0 bridgehead atoms. The van der Waals surface area contributed by atoms with Crippen molar-refractivity contribution in [3.05, 3.63) is 89.0 Å². The fourth-order valence-corrected chi connectivity index (χ4v) is 4.65. The molecule has 198 valence electrons. The molecule has 1 fully saturated rings. The van der Waals surface area contributed by atoms with Crippen LogP contribution < -0.4 is 19.1 Å². The molecule has 4 rings (SSSR count). The van der Waals surface area contributed by atoms with E-state index in [2.05, 4.69) is 0 Å². The average molecular weight is 516 g/mol. The summed E-state index contributed by atoms with van der Waals surface area (Å²) in [7, 11) is 3.16. The first kappa shape index (κ1) is 26.8. The molecule has 1 unspecified atom stereocenters. The van der Waals surface area contributed by atoms with Gasteiger partial charge in [0.1, 0.15) is 23.0 Å². The monoisotopic (exact) mass is 515 g/mol. The second-order valence-corrected chi connectivity index (χ2v) is 9.71. The molecule has 7 heteroatoms. The van der Waals surface area contributed by atoms with Gasteiger partial charge in [0.15, 0.2) is 0 Å². The van der Waals surface area contributed by atoms with Crippen LogP contribution in [0.15, 0.2) is 72.3 Å². The Morgan fingerprint density at radius 3 is 2.03 bits per heavy atom. The van der Waals surface area contributed by atoms with Crippen LogP contribution in [0.5, 0.6) is 17.2 Å². The molecule has 38 heavy (non-hydrogen) atoms. The number of rotatable bonds is 8. The molecule has 3 aromatic carbocycles. The van der Waals surface area contributed by atoms with Crippen molar-refractivity contribution < 1.29 is 28.9 Å². The number of aliphatic hydroxyl groups is 1. The maximum Gasteiger partial charge on any atom is 0.300 e. The predicted molar refractivity (Wildman–Crippen MR) is 147 cm³/mol. The molecule has 1 heterocycles. The summed E-state index contributed by atoms with van der Waals surface area (Å²) in [5, 5.41) is 11.5. The van der Waals surface area contributed by atoms with Crippen molar-refractivity contribution in [1.29, 1.82) is 0 Å². The number of Topliss-reactive ketones (excluding diaryl/α,β-unsaturated/α-hetero) is 1. The van der Waals surface area contributed by atoms with Crippen LogP contribution in [-0.4, -0.2) is 37.1 Å². The lowest BCUT2D eigenvalue weighted by molar-refractivity contribution is -0.132. The standard InChI is InChI=1S/C31H33NO6/c1-18(2)25-17-21(9-16-26(25)37-6)29(33)27-28(20-7-12-23(36-5)13-8-20)32(31(35)30(27)34)22-10-14-24(15-11-22)38-19(3)4/h7-19,28,33H,1-6H3/b29-27-. The summed E-state index contributed by atoms with van der Waals surface area (Å²) in [5.74, 6) is 0.376. The summed E-state index contributed by atoms with van der Waals surface area (Å²) in [6.07, 6.45) is -0.00500. The van der Waals surface area contributed by atoms with Crippen molar-refractivity contribution in [2.75, 3.05) is 19.1 Å². The van der Waals surface area contributed by atoms with E-state index >= 15 is 0 Å². The van der Waals surface area contributed by atoms with Crippen molar-refractivity contribution in [3.8, 4) is 17.2 Å². The van der Waals surface area contributed by atoms with Crippen molar-refractivity contribution >= 4 is 23.1 Å². The lowest BCUT2D eigenvalue weighted by Crippen LogP contribution is -2.29. The highest BCUT2D eigenvalue weighted by atomic mass is 16.5. The van der Waals surface area contributed by atoms with Gasteiger partial charge in [-0.3, -0.25) is 14.5 Å². The van der Waals surface area contributed by atoms with Crippen LogP contribution in [0.1, 0.15) is 56.3 Å². The molecule has 1 aliphatic heterocycles. The lowest BCUT2D eigenvalue weighted by Gasteiger charge is -2.26. The molecule has 0 radical (unpaired) electrons. The zero-order valence-electron chi connectivity index (χ0n) is 22.5. The van der Waals surface area contributed by atoms with Gasteiger partial charge in [-0.1, -0.05) is 26.0 Å². The normalized spacial score (nSPS) is 16.8. The number of aliphatic hydroxyl groups excluding tert-OH is 1. The van der Waals surface area contributed by atoms with E-state index in [4.69, 9.17) is 14.2 Å². The Labute approximate surface area is 223 Å². The van der Waals surface area contributed by atoms with Gasteiger partial charge in [-0.05, 0) is 85.5 Å². The van der Waals surface area contributed by atoms with Crippen LogP contribution in [0.4, 0.5) is 5.69 Å². The molecule has 0 aliphatic carbocycles. The third kappa shape index (κ3) is 5.09. The third-order valence-corrected chi connectivity index (χ3v) is 6.49. The highest BCUT2D eigenvalue weighted by Crippen LogP contribution is 2.43. The Hall–Kier alpha value is -4.26. The number of anilines is 1. The summed E-state index contributed by atoms with van der Waals surface area (Å²) >= 11 is 0. The molecule has 1 atom stereocenters. The summed E-state index contributed by atoms with van der Waals surface area (Å²) in [5.41, 5.74) is 2.51. The molecule has 7 nitrogen and oxygen atoms in total. The number of ether oxygens (including phenoxy) is 3. The fourth-order valence-electron chi connectivity index (χ4n) is 4.65. The van der Waals surface area contributed by atoms with Crippen LogP contribution >= 0.6 is 0 Å². The maximum absolute atomic E-state index is 13.5. The van der Waals surface area contributed by atoms with Crippen LogP contribution in [-0.2, 0) is 9.59 Å². The number of carbonyl (C=O) groups excluding carboxylic acids is 2. The van der Waals surface area contributed by atoms with E-state index in [1.165, 1.54) is 4.90 Å². The number of benzene rings is 3. The topological polar surface area (TPSA) is 85.3 Å². The Kier molecular flexibility index (Phi) is 7.76. The molecule has 1 saturated heterocycles. The minimum atomic E-state index is -0.845. The predicted octanol–water partition coefficient (Wildman–Crippen LogP) is 6.24. The highest BCUT2D eigenvalue weighted by Gasteiger charge is 2.47. The van der Waals surface area contributed by atoms with Crippen LogP contribution in [0, 0.1) is 0 Å². The van der Waals surface area contributed by atoms with Gasteiger partial charge in [-0.2, -0.15) is 0 Å². The molecule has 1 N–H and O–H groups in total. The number of methoxy groups -OCH3 is 2. The molecule has 0 spiro atoms. The van der Waals surface area contributed by atoms with Gasteiger partial charge in [0.25, 0.3) is 11.7 Å². The van der Waals surface area contributed by atoms with E-state index in [9.17, 15) is 14.7 Å². The average Bonchev–Trinajstić information content (AvgIpc) is 3.18. The molecule has 3 aromatic rings. The summed E-state index contributed by atoms with van der Waals surface area (Å²) in [4.78, 5) is 28.4. The van der Waals surface area contributed by atoms with E-state index in [1.54, 1.807) is 80.9 Å². The van der Waals surface area contributed by atoms with E-state index in [0.29, 0.717) is 34.1 Å². The number of carbonyl (C=O) groups is 2. The summed E-state index contributed by atoms with van der Waals surface area (Å²) < 4.78 is 16.5. The SMILES string of the molecule is COc1ccc(C2/C(=C(/O)c3ccc(OC)c(C(C)C)c3)C(=O)C(=O)N2c2ccc(OC(C)C)cc2)cc1. The number of nitrogens with zero attached hydrogens (tertiary/aromatic N) is 1.